The Hall–Kier alpha value is -4.42. The molecule has 5 aromatic rings. The van der Waals surface area contributed by atoms with Crippen molar-refractivity contribution in [2.45, 2.75) is 32.1 Å². The highest BCUT2D eigenvalue weighted by Crippen LogP contribution is 2.37. The van der Waals surface area contributed by atoms with Gasteiger partial charge in [-0.2, -0.15) is 0 Å². The van der Waals surface area contributed by atoms with Crippen molar-refractivity contribution in [3.05, 3.63) is 107 Å². The van der Waals surface area contributed by atoms with E-state index in [1.165, 1.54) is 6.07 Å². The number of hydrogen-bond acceptors (Lipinski definition) is 4. The largest absolute Gasteiger partial charge is 0.497 e. The zero-order valence-electron chi connectivity index (χ0n) is 22.3. The van der Waals surface area contributed by atoms with Gasteiger partial charge in [-0.05, 0) is 59.4 Å². The molecule has 202 valence electrons. The van der Waals surface area contributed by atoms with Gasteiger partial charge in [0.05, 0.1) is 23.7 Å². The van der Waals surface area contributed by atoms with Crippen molar-refractivity contribution in [2.75, 3.05) is 7.11 Å². The molecule has 0 fully saturated rings. The van der Waals surface area contributed by atoms with Crippen molar-refractivity contribution >= 4 is 34.4 Å². The van der Waals surface area contributed by atoms with E-state index in [4.69, 9.17) is 21.3 Å². The van der Waals surface area contributed by atoms with Gasteiger partial charge in [-0.15, -0.1) is 0 Å². The minimum atomic E-state index is -1.12. The van der Waals surface area contributed by atoms with Crippen molar-refractivity contribution < 1.29 is 19.4 Å². The number of imidazole rings is 1. The van der Waals surface area contributed by atoms with Crippen molar-refractivity contribution in [1.82, 2.24) is 9.97 Å². The third-order valence-electron chi connectivity index (χ3n) is 7.13. The summed E-state index contributed by atoms with van der Waals surface area (Å²) in [6, 6.07) is 25.6. The SMILES string of the molecule is CCC[C@@H](CC(=O)c1ccc(-c2ccc(Cl)cc2-c2nc3ccc(OC)cc3[nH]2)c(C(=O)O)c1)c1ccccc1. The zero-order valence-corrected chi connectivity index (χ0v) is 23.0. The second kappa shape index (κ2) is 11.8. The number of carboxylic acids is 1. The maximum atomic E-state index is 13.4. The predicted molar refractivity (Wildman–Crippen MR) is 159 cm³/mol. The Morgan fingerprint density at radius 3 is 2.45 bits per heavy atom. The number of ketones is 1. The summed E-state index contributed by atoms with van der Waals surface area (Å²) < 4.78 is 5.32. The summed E-state index contributed by atoms with van der Waals surface area (Å²) in [5, 5.41) is 10.7. The van der Waals surface area contributed by atoms with Gasteiger partial charge in [-0.1, -0.05) is 73.5 Å². The Labute approximate surface area is 237 Å². The summed E-state index contributed by atoms with van der Waals surface area (Å²) in [6.07, 6.45) is 2.13. The van der Waals surface area contributed by atoms with E-state index in [1.807, 2.05) is 48.5 Å². The van der Waals surface area contributed by atoms with Crippen LogP contribution in [0.4, 0.5) is 0 Å². The first-order valence-electron chi connectivity index (χ1n) is 13.2. The highest BCUT2D eigenvalue weighted by Gasteiger charge is 2.22. The molecule has 1 heterocycles. The van der Waals surface area contributed by atoms with E-state index < -0.39 is 5.97 Å². The molecule has 1 atom stereocenters. The van der Waals surface area contributed by atoms with Gasteiger partial charge in [0.15, 0.2) is 5.78 Å². The average Bonchev–Trinajstić information content (AvgIpc) is 3.40. The zero-order chi connectivity index (χ0) is 28.2. The fourth-order valence-corrected chi connectivity index (χ4v) is 5.29. The van der Waals surface area contributed by atoms with Crippen molar-refractivity contribution in [3.8, 4) is 28.3 Å². The molecular weight excluding hydrogens is 524 g/mol. The highest BCUT2D eigenvalue weighted by atomic mass is 35.5. The third-order valence-corrected chi connectivity index (χ3v) is 7.36. The molecule has 0 aliphatic rings. The lowest BCUT2D eigenvalue weighted by atomic mass is 9.87. The van der Waals surface area contributed by atoms with E-state index >= 15 is 0 Å². The van der Waals surface area contributed by atoms with Crippen molar-refractivity contribution in [2.24, 2.45) is 0 Å². The molecular formula is C33H29ClN2O4. The number of fused-ring (bicyclic) bond motifs is 1. The number of hydrogen-bond donors (Lipinski definition) is 2. The number of nitrogens with zero attached hydrogens (tertiary/aromatic N) is 1. The van der Waals surface area contributed by atoms with Crippen LogP contribution in [0.2, 0.25) is 5.02 Å². The van der Waals surface area contributed by atoms with Crippen LogP contribution in [-0.4, -0.2) is 33.9 Å². The second-order valence-corrected chi connectivity index (χ2v) is 10.2. The quantitative estimate of drug-likeness (QED) is 0.170. The molecule has 7 heteroatoms. The van der Waals surface area contributed by atoms with Gasteiger partial charge >= 0.3 is 5.97 Å². The molecule has 0 unspecified atom stereocenters. The maximum absolute atomic E-state index is 13.4. The molecule has 5 rings (SSSR count). The molecule has 6 nitrogen and oxygen atoms in total. The molecule has 0 radical (unpaired) electrons. The average molecular weight is 553 g/mol. The molecule has 0 amide bonds. The van der Waals surface area contributed by atoms with Gasteiger partial charge in [0.1, 0.15) is 11.6 Å². The first-order valence-corrected chi connectivity index (χ1v) is 13.5. The number of aromatic nitrogens is 2. The summed E-state index contributed by atoms with van der Waals surface area (Å²) in [4.78, 5) is 33.9. The molecule has 40 heavy (non-hydrogen) atoms. The molecule has 2 N–H and O–H groups in total. The molecule has 0 aliphatic heterocycles. The van der Waals surface area contributed by atoms with Crippen molar-refractivity contribution in [3.63, 3.8) is 0 Å². The van der Waals surface area contributed by atoms with Gasteiger partial charge in [-0.3, -0.25) is 4.79 Å². The lowest BCUT2D eigenvalue weighted by Gasteiger charge is -2.17. The van der Waals surface area contributed by atoms with Gasteiger partial charge < -0.3 is 14.8 Å². The number of methoxy groups -OCH3 is 1. The fraction of sp³-hybridized carbons (Fsp3) is 0.182. The number of carboxylic acid groups (broad SMARTS) is 1. The summed E-state index contributed by atoms with van der Waals surface area (Å²) in [6.45, 7) is 2.10. The van der Waals surface area contributed by atoms with E-state index in [0.29, 0.717) is 45.3 Å². The Balaban J connectivity index is 1.54. The lowest BCUT2D eigenvalue weighted by Crippen LogP contribution is -2.10. The van der Waals surface area contributed by atoms with E-state index in [1.54, 1.807) is 37.4 Å². The summed E-state index contributed by atoms with van der Waals surface area (Å²) in [5.41, 5.74) is 4.81. The Bertz CT molecular complexity index is 1690. The maximum Gasteiger partial charge on any atom is 0.336 e. The van der Waals surface area contributed by atoms with Gasteiger partial charge in [0.2, 0.25) is 0 Å². The molecule has 0 saturated heterocycles. The smallest absolute Gasteiger partial charge is 0.336 e. The van der Waals surface area contributed by atoms with Crippen molar-refractivity contribution in [1.29, 1.82) is 0 Å². The number of benzene rings is 4. The van der Waals surface area contributed by atoms with Crippen LogP contribution >= 0.6 is 11.6 Å². The topological polar surface area (TPSA) is 92.3 Å². The van der Waals surface area contributed by atoms with Crippen LogP contribution < -0.4 is 4.74 Å². The van der Waals surface area contributed by atoms with Gasteiger partial charge in [-0.25, -0.2) is 9.78 Å². The van der Waals surface area contributed by atoms with E-state index in [9.17, 15) is 14.7 Å². The Morgan fingerprint density at radius 2 is 1.73 bits per heavy atom. The summed E-state index contributed by atoms with van der Waals surface area (Å²) in [7, 11) is 1.60. The normalized spacial score (nSPS) is 11.9. The van der Waals surface area contributed by atoms with Crippen LogP contribution in [0.25, 0.3) is 33.5 Å². The number of carbonyl (C=O) groups is 2. The summed E-state index contributed by atoms with van der Waals surface area (Å²) >= 11 is 6.37. The number of nitrogens with one attached hydrogen (secondary N) is 1. The highest BCUT2D eigenvalue weighted by molar-refractivity contribution is 6.31. The number of carbonyl (C=O) groups excluding carboxylic acids is 1. The van der Waals surface area contributed by atoms with Crippen LogP contribution in [0.5, 0.6) is 5.75 Å². The number of halogens is 1. The molecule has 0 spiro atoms. The number of aromatic amines is 1. The Morgan fingerprint density at radius 1 is 0.950 bits per heavy atom. The minimum Gasteiger partial charge on any atom is -0.497 e. The van der Waals surface area contributed by atoms with Crippen LogP contribution in [0.3, 0.4) is 0 Å². The number of ether oxygens (including phenoxy) is 1. The predicted octanol–water partition coefficient (Wildman–Crippen LogP) is 8.41. The molecule has 0 saturated carbocycles. The standard InChI is InChI=1S/C33H29ClN2O4/c1-3-7-21(20-8-5-4-6-9-20)17-31(37)22-10-13-26(28(16-22)33(38)39)25-14-11-23(34)18-27(25)32-35-29-15-12-24(40-2)19-30(29)36-32/h4-6,8-16,18-19,21H,3,7,17H2,1-2H3,(H,35,36)(H,38,39)/t21-/m0/s1. The minimum absolute atomic E-state index is 0.0407. The first-order chi connectivity index (χ1) is 19.4. The lowest BCUT2D eigenvalue weighted by molar-refractivity contribution is 0.0697. The van der Waals surface area contributed by atoms with Crippen LogP contribution in [0.15, 0.2) is 84.9 Å². The summed E-state index contributed by atoms with van der Waals surface area (Å²) in [5.74, 6) is 0.103. The fourth-order valence-electron chi connectivity index (χ4n) is 5.12. The second-order valence-electron chi connectivity index (χ2n) is 9.75. The molecule has 1 aromatic heterocycles. The third kappa shape index (κ3) is 5.63. The molecule has 0 aliphatic carbocycles. The van der Waals surface area contributed by atoms with Crippen LogP contribution in [0, 0.1) is 0 Å². The van der Waals surface area contributed by atoms with Gasteiger partial charge in [0, 0.05) is 28.6 Å². The monoisotopic (exact) mass is 552 g/mol. The number of rotatable bonds is 10. The molecule has 4 aromatic carbocycles. The van der Waals surface area contributed by atoms with Gasteiger partial charge in [0.25, 0.3) is 0 Å². The first kappa shape index (κ1) is 27.2. The number of aromatic carboxylic acids is 1. The van der Waals surface area contributed by atoms with Crippen LogP contribution in [-0.2, 0) is 0 Å². The number of H-pyrrole nitrogens is 1. The van der Waals surface area contributed by atoms with E-state index in [2.05, 4.69) is 11.9 Å². The number of Topliss-reactive ketones (excluding diaryl/α,β-unsaturated/α-hetero) is 1. The van der Waals surface area contributed by atoms with Crippen LogP contribution in [0.1, 0.15) is 58.4 Å². The molecule has 0 bridgehead atoms. The van der Waals surface area contributed by atoms with E-state index in [-0.39, 0.29) is 17.3 Å². The van der Waals surface area contributed by atoms with E-state index in [0.717, 1.165) is 29.4 Å². The Kier molecular flexibility index (Phi) is 7.99.